The molecule has 3 rings (SSSR count). The number of carbonyl (C=O) groups is 1. The number of carbonyl (C=O) groups excluding carboxylic acids is 1. The zero-order valence-corrected chi connectivity index (χ0v) is 15.6. The van der Waals surface area contributed by atoms with Crippen LogP contribution in [0.3, 0.4) is 0 Å². The fourth-order valence-corrected chi connectivity index (χ4v) is 2.74. The van der Waals surface area contributed by atoms with E-state index in [1.165, 1.54) is 12.6 Å². The van der Waals surface area contributed by atoms with Gasteiger partial charge in [0, 0.05) is 30.6 Å². The molecule has 0 atom stereocenters. The van der Waals surface area contributed by atoms with E-state index in [4.69, 9.17) is 15.9 Å². The Morgan fingerprint density at radius 3 is 2.37 bits per heavy atom. The third kappa shape index (κ3) is 4.27. The van der Waals surface area contributed by atoms with Crippen molar-refractivity contribution in [1.29, 1.82) is 5.41 Å². The smallest absolute Gasteiger partial charge is 0.276 e. The number of amides is 1. The van der Waals surface area contributed by atoms with Gasteiger partial charge in [-0.2, -0.15) is 0 Å². The van der Waals surface area contributed by atoms with Crippen molar-refractivity contribution in [2.75, 3.05) is 21.1 Å². The molecule has 0 fully saturated rings. The number of rotatable bonds is 5. The van der Waals surface area contributed by atoms with E-state index in [0.29, 0.717) is 11.4 Å². The molecule has 7 nitrogen and oxygen atoms in total. The van der Waals surface area contributed by atoms with E-state index in [0.717, 1.165) is 28.1 Å². The van der Waals surface area contributed by atoms with Crippen molar-refractivity contribution in [2.45, 2.75) is 6.54 Å². The highest BCUT2D eigenvalue weighted by molar-refractivity contribution is 6.05. The number of hydrogen-bond acceptors (Lipinski definition) is 4. The van der Waals surface area contributed by atoms with Crippen LogP contribution in [0.15, 0.2) is 48.5 Å². The molecule has 0 unspecified atom stereocenters. The van der Waals surface area contributed by atoms with Gasteiger partial charge >= 0.3 is 0 Å². The number of aromatic amines is 1. The van der Waals surface area contributed by atoms with E-state index < -0.39 is 0 Å². The van der Waals surface area contributed by atoms with Crippen LogP contribution in [-0.2, 0) is 6.54 Å². The number of nitrogens with two attached hydrogens (primary N) is 1. The van der Waals surface area contributed by atoms with Gasteiger partial charge in [-0.15, -0.1) is 0 Å². The van der Waals surface area contributed by atoms with Gasteiger partial charge in [0.2, 0.25) is 0 Å². The Morgan fingerprint density at radius 1 is 1.07 bits per heavy atom. The second-order valence-electron chi connectivity index (χ2n) is 6.67. The van der Waals surface area contributed by atoms with Crippen LogP contribution in [0.25, 0.3) is 10.9 Å². The Morgan fingerprint density at radius 2 is 1.74 bits per heavy atom. The maximum absolute atomic E-state index is 12.3. The van der Waals surface area contributed by atoms with E-state index in [-0.39, 0.29) is 11.9 Å². The molecule has 27 heavy (non-hydrogen) atoms. The van der Waals surface area contributed by atoms with Crippen LogP contribution in [0.1, 0.15) is 16.1 Å². The van der Waals surface area contributed by atoms with Gasteiger partial charge in [-0.25, -0.2) is 0 Å². The van der Waals surface area contributed by atoms with Gasteiger partial charge in [-0.3, -0.25) is 15.1 Å². The van der Waals surface area contributed by atoms with Gasteiger partial charge in [0.15, 0.2) is 5.96 Å². The molecule has 0 aliphatic carbocycles. The number of guanidine groups is 1. The Balaban J connectivity index is 1.78. The second kappa shape index (κ2) is 7.51. The molecule has 1 heterocycles. The lowest BCUT2D eigenvalue weighted by Gasteiger charge is -2.12. The first-order valence-electron chi connectivity index (χ1n) is 8.50. The van der Waals surface area contributed by atoms with Crippen molar-refractivity contribution in [3.8, 4) is 11.5 Å². The first-order valence-corrected chi connectivity index (χ1v) is 8.50. The number of nitrogens with zero attached hydrogens (tertiary/aromatic N) is 2. The molecule has 0 saturated carbocycles. The maximum atomic E-state index is 12.3. The predicted molar refractivity (Wildman–Crippen MR) is 106 cm³/mol. The van der Waals surface area contributed by atoms with Crippen molar-refractivity contribution in [2.24, 2.45) is 5.73 Å². The lowest BCUT2D eigenvalue weighted by atomic mass is 10.2. The molecule has 2 aromatic carbocycles. The van der Waals surface area contributed by atoms with Gasteiger partial charge in [0.1, 0.15) is 17.2 Å². The quantitative estimate of drug-likeness (QED) is 0.478. The fourth-order valence-electron chi connectivity index (χ4n) is 2.74. The summed E-state index contributed by atoms with van der Waals surface area (Å²) in [7, 11) is 5.52. The van der Waals surface area contributed by atoms with Crippen molar-refractivity contribution in [1.82, 2.24) is 14.8 Å². The van der Waals surface area contributed by atoms with E-state index >= 15 is 0 Å². The third-order valence-electron chi connectivity index (χ3n) is 4.15. The minimum absolute atomic E-state index is 0.305. The van der Waals surface area contributed by atoms with E-state index in [1.807, 2.05) is 56.6 Å². The molecule has 7 heteroatoms. The molecule has 0 spiro atoms. The summed E-state index contributed by atoms with van der Waals surface area (Å²) in [6.45, 7) is 0.875. The highest BCUT2D eigenvalue weighted by Crippen LogP contribution is 2.26. The van der Waals surface area contributed by atoms with Crippen LogP contribution in [0.4, 0.5) is 0 Å². The molecule has 0 aliphatic rings. The summed E-state index contributed by atoms with van der Waals surface area (Å²) < 4.78 is 5.92. The normalized spacial score (nSPS) is 11.0. The number of H-pyrrole nitrogens is 1. The molecule has 1 aromatic heterocycles. The van der Waals surface area contributed by atoms with Crippen molar-refractivity contribution >= 4 is 22.8 Å². The van der Waals surface area contributed by atoms with Gasteiger partial charge in [0.05, 0.1) is 0 Å². The van der Waals surface area contributed by atoms with Crippen molar-refractivity contribution in [3.63, 3.8) is 0 Å². The number of fused-ring (bicyclic) bond motifs is 1. The summed E-state index contributed by atoms with van der Waals surface area (Å²) >= 11 is 0. The Labute approximate surface area is 157 Å². The molecule has 0 bridgehead atoms. The lowest BCUT2D eigenvalue weighted by molar-refractivity contribution is 0.0864. The van der Waals surface area contributed by atoms with E-state index in [1.54, 1.807) is 6.07 Å². The molecule has 0 aliphatic heterocycles. The van der Waals surface area contributed by atoms with Gasteiger partial charge in [-0.05, 0) is 50.0 Å². The third-order valence-corrected chi connectivity index (χ3v) is 4.15. The number of ether oxygens (including phenoxy) is 1. The van der Waals surface area contributed by atoms with Crippen LogP contribution in [-0.4, -0.2) is 47.8 Å². The van der Waals surface area contributed by atoms with Gasteiger partial charge in [0.25, 0.3) is 5.91 Å². The largest absolute Gasteiger partial charge is 0.457 e. The molecule has 140 valence electrons. The summed E-state index contributed by atoms with van der Waals surface area (Å²) in [6, 6.07) is 15.3. The average Bonchev–Trinajstić information content (AvgIpc) is 3.05. The van der Waals surface area contributed by atoms with Gasteiger partial charge in [-0.1, -0.05) is 12.1 Å². The van der Waals surface area contributed by atoms with E-state index in [2.05, 4.69) is 9.88 Å². The molecule has 0 radical (unpaired) electrons. The Hall–Kier alpha value is -3.32. The fraction of sp³-hybridized carbons (Fsp3) is 0.200. The number of nitrogens with one attached hydrogen (secondary N) is 2. The number of hydrogen-bond donors (Lipinski definition) is 3. The van der Waals surface area contributed by atoms with E-state index in [9.17, 15) is 4.79 Å². The first-order chi connectivity index (χ1) is 12.8. The highest BCUT2D eigenvalue weighted by atomic mass is 16.5. The molecular weight excluding hydrogens is 342 g/mol. The van der Waals surface area contributed by atoms with Crippen LogP contribution in [0.5, 0.6) is 11.5 Å². The summed E-state index contributed by atoms with van der Waals surface area (Å²) in [5.41, 5.74) is 7.72. The Kier molecular flexibility index (Phi) is 5.14. The molecular formula is C20H23N5O2. The summed E-state index contributed by atoms with van der Waals surface area (Å²) in [5, 5.41) is 8.25. The highest BCUT2D eigenvalue weighted by Gasteiger charge is 2.16. The van der Waals surface area contributed by atoms with Crippen LogP contribution in [0, 0.1) is 5.41 Å². The topological polar surface area (TPSA) is 98.4 Å². The van der Waals surface area contributed by atoms with Crippen molar-refractivity contribution in [3.05, 3.63) is 59.8 Å². The zero-order valence-electron chi connectivity index (χ0n) is 15.6. The average molecular weight is 365 g/mol. The monoisotopic (exact) mass is 365 g/mol. The maximum Gasteiger partial charge on any atom is 0.276 e. The number of aromatic nitrogens is 1. The van der Waals surface area contributed by atoms with Crippen LogP contribution in [0.2, 0.25) is 0 Å². The second-order valence-corrected chi connectivity index (χ2v) is 6.67. The van der Waals surface area contributed by atoms with Gasteiger partial charge < -0.3 is 20.4 Å². The zero-order chi connectivity index (χ0) is 19.6. The molecule has 1 amide bonds. The summed E-state index contributed by atoms with van der Waals surface area (Å²) in [4.78, 5) is 18.5. The molecule has 0 saturated heterocycles. The molecule has 3 aromatic rings. The minimum atomic E-state index is -0.363. The minimum Gasteiger partial charge on any atom is -0.457 e. The number of benzene rings is 2. The van der Waals surface area contributed by atoms with Crippen molar-refractivity contribution < 1.29 is 9.53 Å². The van der Waals surface area contributed by atoms with Crippen LogP contribution >= 0.6 is 0 Å². The first kappa shape index (κ1) is 18.5. The summed E-state index contributed by atoms with van der Waals surface area (Å²) in [6.07, 6.45) is 0. The lowest BCUT2D eigenvalue weighted by Crippen LogP contribution is -2.38. The predicted octanol–water partition coefficient (Wildman–Crippen LogP) is 2.99. The Bertz CT molecular complexity index is 976. The molecule has 4 N–H and O–H groups in total. The summed E-state index contributed by atoms with van der Waals surface area (Å²) in [5.74, 6) is 0.748. The van der Waals surface area contributed by atoms with Crippen LogP contribution < -0.4 is 10.5 Å². The SMILES string of the molecule is CN(C)Cc1ccc(Oc2ccc3cc(C(=O)N(C)C(=N)N)[nH]c3c2)cc1. The standard InChI is InChI=1S/C20H23N5O2/c1-24(2)12-13-4-7-15(8-5-13)27-16-9-6-14-10-18(23-17(14)11-16)19(26)25(3)20(21)22/h4-11,23H,12H2,1-3H3,(H3,21,22).